The van der Waals surface area contributed by atoms with Crippen molar-refractivity contribution in [1.82, 2.24) is 10.1 Å². The second kappa shape index (κ2) is 6.82. The minimum Gasteiger partial charge on any atom is -0.339 e. The van der Waals surface area contributed by atoms with Gasteiger partial charge in [-0.2, -0.15) is 16.7 Å². The molecule has 6 heteroatoms. The molecule has 18 heavy (non-hydrogen) atoms. The smallest absolute Gasteiger partial charge is 0.226 e. The van der Waals surface area contributed by atoms with Crippen LogP contribution in [0.3, 0.4) is 0 Å². The Bertz CT molecular complexity index is 372. The van der Waals surface area contributed by atoms with Crippen molar-refractivity contribution in [2.75, 3.05) is 18.1 Å². The Morgan fingerprint density at radius 3 is 2.94 bits per heavy atom. The average molecular weight is 287 g/mol. The van der Waals surface area contributed by atoms with Gasteiger partial charge in [0.2, 0.25) is 5.89 Å². The van der Waals surface area contributed by atoms with Crippen molar-refractivity contribution in [2.24, 2.45) is 11.7 Å². The van der Waals surface area contributed by atoms with Crippen LogP contribution in [0.25, 0.3) is 0 Å². The summed E-state index contributed by atoms with van der Waals surface area (Å²) in [5.74, 6) is 4.41. The molecular weight excluding hydrogens is 266 g/mol. The van der Waals surface area contributed by atoms with Gasteiger partial charge < -0.3 is 10.3 Å². The fourth-order valence-corrected chi connectivity index (χ4v) is 4.97. The van der Waals surface area contributed by atoms with Crippen molar-refractivity contribution >= 4 is 23.5 Å². The Labute approximate surface area is 117 Å². The number of aromatic nitrogens is 2. The summed E-state index contributed by atoms with van der Waals surface area (Å²) in [5.41, 5.74) is 5.62. The second-order valence-electron chi connectivity index (χ2n) is 4.70. The van der Waals surface area contributed by atoms with Crippen molar-refractivity contribution in [2.45, 2.75) is 37.2 Å². The highest BCUT2D eigenvalue weighted by atomic mass is 32.2. The van der Waals surface area contributed by atoms with Gasteiger partial charge in [0.1, 0.15) is 0 Å². The van der Waals surface area contributed by atoms with Gasteiger partial charge >= 0.3 is 0 Å². The molecule has 0 spiro atoms. The third-order valence-corrected chi connectivity index (χ3v) is 6.36. The Kier molecular flexibility index (Phi) is 5.38. The van der Waals surface area contributed by atoms with E-state index < -0.39 is 0 Å². The molecule has 1 fully saturated rings. The zero-order chi connectivity index (χ0) is 13.0. The predicted molar refractivity (Wildman–Crippen MR) is 78.0 cm³/mol. The highest BCUT2D eigenvalue weighted by Crippen LogP contribution is 2.42. The summed E-state index contributed by atoms with van der Waals surface area (Å²) in [5, 5.41) is 5.16. The van der Waals surface area contributed by atoms with Crippen molar-refractivity contribution in [1.29, 1.82) is 0 Å². The summed E-state index contributed by atoms with van der Waals surface area (Å²) in [6.07, 6.45) is 1.94. The normalized spacial score (nSPS) is 26.2. The number of hydrogen-bond donors (Lipinski definition) is 1. The van der Waals surface area contributed by atoms with E-state index in [1.54, 1.807) is 0 Å². The minimum absolute atomic E-state index is 0.388. The minimum atomic E-state index is 0.388. The van der Waals surface area contributed by atoms with Crippen molar-refractivity contribution in [3.63, 3.8) is 0 Å². The van der Waals surface area contributed by atoms with E-state index in [9.17, 15) is 0 Å². The second-order valence-corrected chi connectivity index (χ2v) is 7.30. The molecule has 102 valence electrons. The topological polar surface area (TPSA) is 64.9 Å². The number of nitrogens with zero attached hydrogens (tertiary/aromatic N) is 2. The zero-order valence-corrected chi connectivity index (χ0v) is 12.6. The lowest BCUT2D eigenvalue weighted by Gasteiger charge is -2.27. The molecule has 2 rings (SSSR count). The van der Waals surface area contributed by atoms with Crippen LogP contribution in [0.2, 0.25) is 0 Å². The van der Waals surface area contributed by atoms with Crippen LogP contribution < -0.4 is 5.73 Å². The fourth-order valence-electron chi connectivity index (χ4n) is 1.99. The van der Waals surface area contributed by atoms with Gasteiger partial charge in [0, 0.05) is 23.2 Å². The molecule has 0 radical (unpaired) electrons. The zero-order valence-electron chi connectivity index (χ0n) is 11.0. The predicted octanol–water partition coefficient (Wildman–Crippen LogP) is 2.51. The summed E-state index contributed by atoms with van der Waals surface area (Å²) in [6.45, 7) is 4.99. The molecule has 3 unspecified atom stereocenters. The van der Waals surface area contributed by atoms with E-state index in [-0.39, 0.29) is 0 Å². The third kappa shape index (κ3) is 3.42. The maximum Gasteiger partial charge on any atom is 0.226 e. The SMILES string of the molecule is CCC1SCCSC1c1noc(CC(C)CN)n1. The molecule has 0 aliphatic carbocycles. The molecule has 0 saturated carbocycles. The van der Waals surface area contributed by atoms with E-state index in [1.807, 2.05) is 23.5 Å². The van der Waals surface area contributed by atoms with Gasteiger partial charge in [0.05, 0.1) is 5.25 Å². The first kappa shape index (κ1) is 14.2. The first-order valence-electron chi connectivity index (χ1n) is 6.50. The van der Waals surface area contributed by atoms with Gasteiger partial charge in [0.25, 0.3) is 0 Å². The molecular formula is C12H21N3OS2. The van der Waals surface area contributed by atoms with Crippen LogP contribution in [0.1, 0.15) is 37.2 Å². The van der Waals surface area contributed by atoms with E-state index in [4.69, 9.17) is 10.3 Å². The van der Waals surface area contributed by atoms with Gasteiger partial charge in [-0.1, -0.05) is 19.0 Å². The molecule has 1 aliphatic rings. The van der Waals surface area contributed by atoms with E-state index in [1.165, 1.54) is 11.5 Å². The molecule has 0 bridgehead atoms. The molecule has 2 heterocycles. The summed E-state index contributed by atoms with van der Waals surface area (Å²) >= 11 is 3.99. The molecule has 0 aromatic carbocycles. The van der Waals surface area contributed by atoms with Crippen LogP contribution in [0.4, 0.5) is 0 Å². The first-order chi connectivity index (χ1) is 8.74. The number of thioether (sulfide) groups is 2. The molecule has 1 aromatic rings. The molecule has 1 aliphatic heterocycles. The quantitative estimate of drug-likeness (QED) is 0.897. The van der Waals surface area contributed by atoms with Gasteiger partial charge in [-0.05, 0) is 18.9 Å². The maximum absolute atomic E-state index is 5.62. The lowest BCUT2D eigenvalue weighted by molar-refractivity contribution is 0.355. The number of nitrogens with two attached hydrogens (primary N) is 1. The molecule has 1 aromatic heterocycles. The molecule has 3 atom stereocenters. The average Bonchev–Trinajstić information content (AvgIpc) is 2.86. The summed E-state index contributed by atoms with van der Waals surface area (Å²) < 4.78 is 5.34. The summed E-state index contributed by atoms with van der Waals surface area (Å²) in [7, 11) is 0. The van der Waals surface area contributed by atoms with Crippen molar-refractivity contribution < 1.29 is 4.52 Å². The Hall–Kier alpha value is -0.200. The highest BCUT2D eigenvalue weighted by molar-refractivity contribution is 8.06. The lowest BCUT2D eigenvalue weighted by Crippen LogP contribution is -2.19. The third-order valence-electron chi connectivity index (χ3n) is 3.12. The van der Waals surface area contributed by atoms with Gasteiger partial charge in [0.15, 0.2) is 5.82 Å². The Morgan fingerprint density at radius 2 is 2.22 bits per heavy atom. The summed E-state index contributed by atoms with van der Waals surface area (Å²) in [6, 6.07) is 0. The molecule has 4 nitrogen and oxygen atoms in total. The summed E-state index contributed by atoms with van der Waals surface area (Å²) in [4.78, 5) is 4.55. The first-order valence-corrected chi connectivity index (χ1v) is 8.60. The van der Waals surface area contributed by atoms with Crippen LogP contribution in [0.5, 0.6) is 0 Å². The van der Waals surface area contributed by atoms with Crippen molar-refractivity contribution in [3.8, 4) is 0 Å². The lowest BCUT2D eigenvalue weighted by atomic mass is 10.1. The number of rotatable bonds is 5. The molecule has 0 amide bonds. The van der Waals surface area contributed by atoms with Crippen LogP contribution >= 0.6 is 23.5 Å². The van der Waals surface area contributed by atoms with Crippen molar-refractivity contribution in [3.05, 3.63) is 11.7 Å². The van der Waals surface area contributed by atoms with E-state index in [0.29, 0.717) is 23.0 Å². The van der Waals surface area contributed by atoms with Crippen LogP contribution in [0.15, 0.2) is 4.52 Å². The standard InChI is InChI=1S/C12H21N3OS2/c1-3-9-11(18-5-4-17-9)12-14-10(16-15-12)6-8(2)7-13/h8-9,11H,3-7,13H2,1-2H3. The maximum atomic E-state index is 5.62. The van der Waals surface area contributed by atoms with E-state index >= 15 is 0 Å². The van der Waals surface area contributed by atoms with Gasteiger partial charge in [-0.3, -0.25) is 0 Å². The Morgan fingerprint density at radius 1 is 1.44 bits per heavy atom. The fraction of sp³-hybridized carbons (Fsp3) is 0.833. The number of hydrogen-bond acceptors (Lipinski definition) is 6. The van der Waals surface area contributed by atoms with E-state index in [0.717, 1.165) is 24.6 Å². The molecule has 1 saturated heterocycles. The Balaban J connectivity index is 2.03. The molecule has 2 N–H and O–H groups in total. The largest absolute Gasteiger partial charge is 0.339 e. The van der Waals surface area contributed by atoms with Crippen LogP contribution in [-0.2, 0) is 6.42 Å². The highest BCUT2D eigenvalue weighted by Gasteiger charge is 2.30. The van der Waals surface area contributed by atoms with Crippen LogP contribution in [0, 0.1) is 5.92 Å². The van der Waals surface area contributed by atoms with Crippen LogP contribution in [-0.4, -0.2) is 33.4 Å². The van der Waals surface area contributed by atoms with E-state index in [2.05, 4.69) is 24.0 Å². The van der Waals surface area contributed by atoms with Gasteiger partial charge in [-0.15, -0.1) is 11.8 Å². The van der Waals surface area contributed by atoms with Gasteiger partial charge in [-0.25, -0.2) is 0 Å². The monoisotopic (exact) mass is 287 g/mol.